The van der Waals surface area contributed by atoms with Crippen LogP contribution in [-0.2, 0) is 19.1 Å². The maximum atomic E-state index is 14.1. The summed E-state index contributed by atoms with van der Waals surface area (Å²) in [7, 11) is 0. The van der Waals surface area contributed by atoms with Gasteiger partial charge in [-0.3, -0.25) is 4.79 Å². The first-order chi connectivity index (χ1) is 16.8. The summed E-state index contributed by atoms with van der Waals surface area (Å²) in [5, 5.41) is -0.243. The summed E-state index contributed by atoms with van der Waals surface area (Å²) in [6.45, 7) is 0.892. The number of aromatic nitrogens is 1. The lowest BCUT2D eigenvalue weighted by atomic mass is 9.99. The van der Waals surface area contributed by atoms with Crippen molar-refractivity contribution in [2.75, 3.05) is 19.1 Å². The Labute approximate surface area is 201 Å². The molecule has 4 heterocycles. The number of ether oxygens (including phenoxy) is 2. The van der Waals surface area contributed by atoms with E-state index in [1.807, 2.05) is 24.3 Å². The molecular weight excluding hydrogens is 479 g/mol. The van der Waals surface area contributed by atoms with Crippen LogP contribution in [0.4, 0.5) is 18.9 Å². The minimum Gasteiger partial charge on any atom is -0.454 e. The zero-order valence-electron chi connectivity index (χ0n) is 18.2. The van der Waals surface area contributed by atoms with Gasteiger partial charge in [-0.25, -0.2) is 4.98 Å². The predicted molar refractivity (Wildman–Crippen MR) is 125 cm³/mol. The molecule has 0 saturated carbocycles. The van der Waals surface area contributed by atoms with Gasteiger partial charge >= 0.3 is 6.18 Å². The molecule has 0 saturated heterocycles. The van der Waals surface area contributed by atoms with Gasteiger partial charge in [0.25, 0.3) is 5.91 Å². The van der Waals surface area contributed by atoms with Gasteiger partial charge in [0.2, 0.25) is 6.79 Å². The van der Waals surface area contributed by atoms with Gasteiger partial charge in [-0.2, -0.15) is 13.2 Å². The number of anilines is 1. The van der Waals surface area contributed by atoms with Crippen LogP contribution in [0.25, 0.3) is 21.5 Å². The van der Waals surface area contributed by atoms with E-state index in [4.69, 9.17) is 15.2 Å². The molecule has 0 atom stereocenters. The number of amides is 1. The zero-order valence-corrected chi connectivity index (χ0v) is 19.0. The van der Waals surface area contributed by atoms with Crippen LogP contribution in [0.1, 0.15) is 26.4 Å². The third kappa shape index (κ3) is 3.65. The molecule has 2 N–H and O–H groups in total. The summed E-state index contributed by atoms with van der Waals surface area (Å²) in [5.74, 6) is 0.560. The molecule has 2 aliphatic rings. The Kier molecular flexibility index (Phi) is 4.89. The monoisotopic (exact) mass is 497 g/mol. The number of nitrogens with zero attached hydrogens (tertiary/aromatic N) is 2. The SMILES string of the molecule is Nc1c(C(=O)N2CCc3ccccc3C2)sc2nc(-c3ccc4c(c3)OCO4)cc(C(F)(F)F)c12. The van der Waals surface area contributed by atoms with Gasteiger partial charge in [0.1, 0.15) is 9.71 Å². The molecule has 2 aromatic carbocycles. The van der Waals surface area contributed by atoms with Crippen molar-refractivity contribution < 1.29 is 27.4 Å². The van der Waals surface area contributed by atoms with Gasteiger partial charge < -0.3 is 20.1 Å². The van der Waals surface area contributed by atoms with Gasteiger partial charge in [0.15, 0.2) is 11.5 Å². The highest BCUT2D eigenvalue weighted by molar-refractivity contribution is 7.21. The molecule has 178 valence electrons. The molecule has 0 unspecified atom stereocenters. The fraction of sp³-hybridized carbons (Fsp3) is 0.200. The number of nitrogen functional groups attached to an aromatic ring is 1. The van der Waals surface area contributed by atoms with Gasteiger partial charge in [0.05, 0.1) is 16.9 Å². The highest BCUT2D eigenvalue weighted by Gasteiger charge is 2.37. The lowest BCUT2D eigenvalue weighted by molar-refractivity contribution is -0.136. The number of nitrogens with two attached hydrogens (primary N) is 1. The number of alkyl halides is 3. The van der Waals surface area contributed by atoms with Gasteiger partial charge in [-0.15, -0.1) is 11.3 Å². The number of carbonyl (C=O) groups excluding carboxylic acids is 1. The predicted octanol–water partition coefficient (Wildman–Crippen LogP) is 5.49. The van der Waals surface area contributed by atoms with Crippen LogP contribution >= 0.6 is 11.3 Å². The number of fused-ring (bicyclic) bond motifs is 3. The maximum absolute atomic E-state index is 14.1. The molecule has 10 heteroatoms. The molecule has 0 bridgehead atoms. The van der Waals surface area contributed by atoms with Crippen LogP contribution < -0.4 is 15.2 Å². The molecule has 35 heavy (non-hydrogen) atoms. The lowest BCUT2D eigenvalue weighted by Gasteiger charge is -2.28. The lowest BCUT2D eigenvalue weighted by Crippen LogP contribution is -2.35. The van der Waals surface area contributed by atoms with Crippen molar-refractivity contribution in [1.29, 1.82) is 0 Å². The van der Waals surface area contributed by atoms with Gasteiger partial charge in [0, 0.05) is 24.0 Å². The number of benzene rings is 2. The molecule has 1 amide bonds. The van der Waals surface area contributed by atoms with Crippen LogP contribution in [0.5, 0.6) is 11.5 Å². The van der Waals surface area contributed by atoms with E-state index in [1.165, 1.54) is 0 Å². The van der Waals surface area contributed by atoms with E-state index >= 15 is 0 Å². The second kappa shape index (κ2) is 7.88. The van der Waals surface area contributed by atoms with Gasteiger partial charge in [-0.05, 0) is 41.8 Å². The molecule has 2 aromatic heterocycles. The summed E-state index contributed by atoms with van der Waals surface area (Å²) in [5.41, 5.74) is 7.80. The van der Waals surface area contributed by atoms with Gasteiger partial charge in [-0.1, -0.05) is 24.3 Å². The summed E-state index contributed by atoms with van der Waals surface area (Å²) in [6, 6.07) is 13.6. The molecule has 0 radical (unpaired) electrons. The number of thiophene rings is 1. The van der Waals surface area contributed by atoms with Crippen LogP contribution in [0, 0.1) is 0 Å². The van der Waals surface area contributed by atoms with Crippen molar-refractivity contribution in [2.24, 2.45) is 0 Å². The van der Waals surface area contributed by atoms with Crippen molar-refractivity contribution in [3.05, 3.63) is 70.1 Å². The van der Waals surface area contributed by atoms with Crippen molar-refractivity contribution in [3.8, 4) is 22.8 Å². The zero-order chi connectivity index (χ0) is 24.3. The smallest absolute Gasteiger partial charge is 0.417 e. The quantitative estimate of drug-likeness (QED) is 0.396. The molecule has 2 aliphatic heterocycles. The third-order valence-electron chi connectivity index (χ3n) is 6.28. The van der Waals surface area contributed by atoms with E-state index < -0.39 is 17.6 Å². The minimum atomic E-state index is -4.69. The standard InChI is InChI=1S/C25H18F3N3O3S/c26-25(27,28)16-10-17(14-5-6-18-19(9-14)34-12-33-18)30-23-20(16)21(29)22(35-23)24(32)31-8-7-13-3-1-2-4-15(13)11-31/h1-6,9-10H,7-8,11-12,29H2. The number of carbonyl (C=O) groups is 1. The fourth-order valence-corrected chi connectivity index (χ4v) is 5.61. The second-order valence-corrected chi connectivity index (χ2v) is 9.39. The normalized spacial score (nSPS) is 14.9. The van der Waals surface area contributed by atoms with Crippen molar-refractivity contribution >= 4 is 33.1 Å². The Bertz CT molecular complexity index is 1500. The van der Waals surface area contributed by atoms with E-state index in [-0.39, 0.29) is 33.3 Å². The average molecular weight is 497 g/mol. The topological polar surface area (TPSA) is 77.7 Å². The Balaban J connectivity index is 1.44. The first-order valence-electron chi connectivity index (χ1n) is 10.9. The Morgan fingerprint density at radius 3 is 2.63 bits per heavy atom. The number of hydrogen-bond acceptors (Lipinski definition) is 6. The average Bonchev–Trinajstić information content (AvgIpc) is 3.46. The number of pyridine rings is 1. The number of rotatable bonds is 2. The van der Waals surface area contributed by atoms with Crippen LogP contribution in [0.3, 0.4) is 0 Å². The Morgan fingerprint density at radius 1 is 1.06 bits per heavy atom. The number of hydrogen-bond donors (Lipinski definition) is 1. The van der Waals surface area contributed by atoms with Crippen molar-refractivity contribution in [2.45, 2.75) is 19.1 Å². The minimum absolute atomic E-state index is 0.0486. The van der Waals surface area contributed by atoms with Crippen LogP contribution in [-0.4, -0.2) is 29.1 Å². The van der Waals surface area contributed by atoms with Crippen molar-refractivity contribution in [1.82, 2.24) is 9.88 Å². The summed E-state index contributed by atoms with van der Waals surface area (Å²) >= 11 is 0.888. The molecule has 6 rings (SSSR count). The van der Waals surface area contributed by atoms with E-state index in [1.54, 1.807) is 23.1 Å². The number of halogens is 3. The maximum Gasteiger partial charge on any atom is 0.417 e. The van der Waals surface area contributed by atoms with Crippen LogP contribution in [0.2, 0.25) is 0 Å². The molecule has 0 spiro atoms. The van der Waals surface area contributed by atoms with E-state index in [2.05, 4.69) is 4.98 Å². The first-order valence-corrected chi connectivity index (χ1v) is 11.7. The van der Waals surface area contributed by atoms with E-state index in [9.17, 15) is 18.0 Å². The summed E-state index contributed by atoms with van der Waals surface area (Å²) in [6.07, 6.45) is -4.01. The van der Waals surface area contributed by atoms with E-state index in [0.29, 0.717) is 36.6 Å². The highest BCUT2D eigenvalue weighted by atomic mass is 32.1. The summed E-state index contributed by atoms with van der Waals surface area (Å²) in [4.78, 5) is 19.6. The second-order valence-electron chi connectivity index (χ2n) is 8.39. The molecular formula is C25H18F3N3O3S. The van der Waals surface area contributed by atoms with E-state index in [0.717, 1.165) is 28.5 Å². The summed E-state index contributed by atoms with van der Waals surface area (Å²) < 4.78 is 53.0. The molecule has 6 nitrogen and oxygen atoms in total. The van der Waals surface area contributed by atoms with Crippen LogP contribution in [0.15, 0.2) is 48.5 Å². The fourth-order valence-electron chi connectivity index (χ4n) is 4.52. The third-order valence-corrected chi connectivity index (χ3v) is 7.37. The molecule has 0 aliphatic carbocycles. The van der Waals surface area contributed by atoms with Crippen molar-refractivity contribution in [3.63, 3.8) is 0 Å². The largest absolute Gasteiger partial charge is 0.454 e. The first kappa shape index (κ1) is 21.7. The highest BCUT2D eigenvalue weighted by Crippen LogP contribution is 2.45. The Hall–Kier alpha value is -3.79. The molecule has 4 aromatic rings. The Morgan fingerprint density at radius 2 is 1.83 bits per heavy atom. The molecule has 0 fully saturated rings.